The maximum Gasteiger partial charge on any atom is 0.276 e. The van der Waals surface area contributed by atoms with Gasteiger partial charge in [0.15, 0.2) is 0 Å². The molecule has 6 heteroatoms. The molecule has 0 atom stereocenters. The summed E-state index contributed by atoms with van der Waals surface area (Å²) in [7, 11) is -3.56. The quantitative estimate of drug-likeness (QED) is 0.820. The predicted octanol–water partition coefficient (Wildman–Crippen LogP) is 1.05. The van der Waals surface area contributed by atoms with Crippen molar-refractivity contribution in [2.75, 3.05) is 13.2 Å². The number of hydrogen-bond acceptors (Lipinski definition) is 4. The second-order valence-electron chi connectivity index (χ2n) is 3.89. The average molecular weight is 254 g/mol. The maximum atomic E-state index is 11.8. The van der Waals surface area contributed by atoms with Crippen molar-refractivity contribution in [3.8, 4) is 0 Å². The van der Waals surface area contributed by atoms with Gasteiger partial charge in [0.2, 0.25) is 0 Å². The molecule has 1 aromatic carbocycles. The molecule has 2 rings (SSSR count). The van der Waals surface area contributed by atoms with Crippen LogP contribution in [0.2, 0.25) is 0 Å². The highest BCUT2D eigenvalue weighted by molar-refractivity contribution is 7.89. The lowest BCUT2D eigenvalue weighted by Crippen LogP contribution is -2.20. The normalized spacial score (nSPS) is 18.5. The van der Waals surface area contributed by atoms with Gasteiger partial charge in [-0.05, 0) is 19.1 Å². The van der Waals surface area contributed by atoms with Gasteiger partial charge in [-0.1, -0.05) is 17.7 Å². The molecule has 92 valence electrons. The second kappa shape index (κ2) is 4.85. The molecule has 0 aromatic heterocycles. The van der Waals surface area contributed by atoms with Crippen molar-refractivity contribution in [3.05, 3.63) is 29.8 Å². The summed E-state index contributed by atoms with van der Waals surface area (Å²) in [5.74, 6) is 0. The van der Waals surface area contributed by atoms with Crippen LogP contribution in [0.5, 0.6) is 0 Å². The number of nitrogens with zero attached hydrogens (tertiary/aromatic N) is 1. The van der Waals surface area contributed by atoms with Crippen LogP contribution in [0.25, 0.3) is 0 Å². The van der Waals surface area contributed by atoms with E-state index in [0.29, 0.717) is 19.6 Å². The molecule has 0 unspecified atom stereocenters. The zero-order valence-corrected chi connectivity index (χ0v) is 10.3. The molecule has 1 aliphatic heterocycles. The van der Waals surface area contributed by atoms with Gasteiger partial charge in [0.25, 0.3) is 10.0 Å². The standard InChI is InChI=1S/C11H14N2O3S/c1-9-2-4-11(5-3-9)17(14,15)13-12-10-6-7-16-8-10/h2-5,13H,6-8H2,1H3/b12-10+. The minimum atomic E-state index is -3.56. The summed E-state index contributed by atoms with van der Waals surface area (Å²) in [6, 6.07) is 6.62. The first kappa shape index (κ1) is 12.1. The van der Waals surface area contributed by atoms with E-state index in [-0.39, 0.29) is 4.90 Å². The van der Waals surface area contributed by atoms with E-state index >= 15 is 0 Å². The van der Waals surface area contributed by atoms with Crippen molar-refractivity contribution in [3.63, 3.8) is 0 Å². The molecule has 5 nitrogen and oxygen atoms in total. The van der Waals surface area contributed by atoms with E-state index in [1.807, 2.05) is 6.92 Å². The van der Waals surface area contributed by atoms with E-state index in [4.69, 9.17) is 4.74 Å². The van der Waals surface area contributed by atoms with Crippen LogP contribution in [0.1, 0.15) is 12.0 Å². The molecular formula is C11H14N2O3S. The van der Waals surface area contributed by atoms with E-state index in [2.05, 4.69) is 9.93 Å². The van der Waals surface area contributed by atoms with Gasteiger partial charge < -0.3 is 4.74 Å². The van der Waals surface area contributed by atoms with Crippen molar-refractivity contribution in [2.24, 2.45) is 5.10 Å². The second-order valence-corrected chi connectivity index (χ2v) is 5.55. The van der Waals surface area contributed by atoms with Crippen LogP contribution in [0.15, 0.2) is 34.3 Å². The first-order chi connectivity index (χ1) is 8.08. The topological polar surface area (TPSA) is 67.8 Å². The lowest BCUT2D eigenvalue weighted by Gasteiger charge is -2.04. The van der Waals surface area contributed by atoms with Crippen LogP contribution in [-0.2, 0) is 14.8 Å². The fourth-order valence-corrected chi connectivity index (χ4v) is 2.28. The Balaban J connectivity index is 2.13. The molecule has 0 aliphatic carbocycles. The van der Waals surface area contributed by atoms with Crippen molar-refractivity contribution in [1.29, 1.82) is 0 Å². The number of hydrazone groups is 1. The Morgan fingerprint density at radius 3 is 2.59 bits per heavy atom. The maximum absolute atomic E-state index is 11.8. The van der Waals surface area contributed by atoms with Crippen LogP contribution in [0, 0.1) is 6.92 Å². The summed E-state index contributed by atoms with van der Waals surface area (Å²) >= 11 is 0. The highest BCUT2D eigenvalue weighted by Gasteiger charge is 2.14. The Morgan fingerprint density at radius 2 is 2.00 bits per heavy atom. The highest BCUT2D eigenvalue weighted by atomic mass is 32.2. The van der Waals surface area contributed by atoms with E-state index in [9.17, 15) is 8.42 Å². The fraction of sp³-hybridized carbons (Fsp3) is 0.364. The van der Waals surface area contributed by atoms with Gasteiger partial charge in [0.1, 0.15) is 0 Å². The zero-order valence-electron chi connectivity index (χ0n) is 9.51. The summed E-state index contributed by atoms with van der Waals surface area (Å²) in [6.45, 7) is 2.90. The summed E-state index contributed by atoms with van der Waals surface area (Å²) in [5.41, 5.74) is 1.74. The summed E-state index contributed by atoms with van der Waals surface area (Å²) < 4.78 is 28.8. The fourth-order valence-electron chi connectivity index (χ4n) is 1.44. The number of benzene rings is 1. The van der Waals surface area contributed by atoms with Crippen molar-refractivity contribution < 1.29 is 13.2 Å². The lowest BCUT2D eigenvalue weighted by atomic mass is 10.2. The number of rotatable bonds is 3. The molecule has 1 heterocycles. The van der Waals surface area contributed by atoms with Crippen LogP contribution in [0.3, 0.4) is 0 Å². The Kier molecular flexibility index (Phi) is 3.44. The lowest BCUT2D eigenvalue weighted by molar-refractivity contribution is 0.209. The largest absolute Gasteiger partial charge is 0.375 e. The molecule has 0 spiro atoms. The number of hydrogen-bond donors (Lipinski definition) is 1. The first-order valence-corrected chi connectivity index (χ1v) is 6.78. The molecular weight excluding hydrogens is 240 g/mol. The van der Waals surface area contributed by atoms with Crippen LogP contribution < -0.4 is 4.83 Å². The Bertz CT molecular complexity index is 512. The van der Waals surface area contributed by atoms with Crippen LogP contribution in [0.4, 0.5) is 0 Å². The molecule has 1 aliphatic rings. The van der Waals surface area contributed by atoms with E-state index in [0.717, 1.165) is 11.3 Å². The van der Waals surface area contributed by atoms with Gasteiger partial charge in [-0.25, -0.2) is 4.83 Å². The van der Waals surface area contributed by atoms with E-state index < -0.39 is 10.0 Å². The van der Waals surface area contributed by atoms with Gasteiger partial charge >= 0.3 is 0 Å². The minimum absolute atomic E-state index is 0.214. The SMILES string of the molecule is Cc1ccc(S(=O)(=O)N/N=C2\CCOC2)cc1. The average Bonchev–Trinajstić information content (AvgIpc) is 2.80. The monoisotopic (exact) mass is 254 g/mol. The van der Waals surface area contributed by atoms with Gasteiger partial charge in [-0.2, -0.15) is 13.5 Å². The molecule has 1 N–H and O–H groups in total. The molecule has 1 aromatic rings. The third kappa shape index (κ3) is 3.04. The van der Waals surface area contributed by atoms with E-state index in [1.54, 1.807) is 24.3 Å². The molecule has 1 fully saturated rings. The summed E-state index contributed by atoms with van der Waals surface area (Å²) in [5, 5.41) is 3.85. The highest BCUT2D eigenvalue weighted by Crippen LogP contribution is 2.10. The minimum Gasteiger partial charge on any atom is -0.375 e. The molecule has 17 heavy (non-hydrogen) atoms. The smallest absolute Gasteiger partial charge is 0.276 e. The summed E-state index contributed by atoms with van der Waals surface area (Å²) in [4.78, 5) is 2.43. The van der Waals surface area contributed by atoms with Crippen molar-refractivity contribution in [1.82, 2.24) is 4.83 Å². The molecule has 1 saturated heterocycles. The van der Waals surface area contributed by atoms with E-state index in [1.165, 1.54) is 0 Å². The third-order valence-corrected chi connectivity index (χ3v) is 3.68. The summed E-state index contributed by atoms with van der Waals surface area (Å²) in [6.07, 6.45) is 0.677. The molecule has 0 amide bonds. The Labute approximate surface area is 101 Å². The first-order valence-electron chi connectivity index (χ1n) is 5.29. The number of ether oxygens (including phenoxy) is 1. The Morgan fingerprint density at radius 1 is 1.29 bits per heavy atom. The van der Waals surface area contributed by atoms with Gasteiger partial charge in [0.05, 0.1) is 23.8 Å². The third-order valence-electron chi connectivity index (χ3n) is 2.46. The molecule has 0 saturated carbocycles. The van der Waals surface area contributed by atoms with Gasteiger partial charge in [0, 0.05) is 6.42 Å². The zero-order chi connectivity index (χ0) is 12.3. The van der Waals surface area contributed by atoms with Gasteiger partial charge in [-0.15, -0.1) is 0 Å². The van der Waals surface area contributed by atoms with Crippen molar-refractivity contribution >= 4 is 15.7 Å². The molecule has 0 radical (unpaired) electrons. The number of sulfonamides is 1. The molecule has 0 bridgehead atoms. The van der Waals surface area contributed by atoms with Crippen LogP contribution in [-0.4, -0.2) is 27.3 Å². The van der Waals surface area contributed by atoms with Crippen LogP contribution >= 0.6 is 0 Å². The number of aryl methyl sites for hydroxylation is 1. The van der Waals surface area contributed by atoms with Crippen molar-refractivity contribution in [2.45, 2.75) is 18.2 Å². The van der Waals surface area contributed by atoms with Gasteiger partial charge in [-0.3, -0.25) is 0 Å². The number of nitrogens with one attached hydrogen (secondary N) is 1. The Hall–Kier alpha value is -1.40. The predicted molar refractivity (Wildman–Crippen MR) is 64.4 cm³/mol.